The molecule has 3 heterocycles. The van der Waals surface area contributed by atoms with Crippen molar-refractivity contribution in [2.45, 2.75) is 168 Å². The predicted molar refractivity (Wildman–Crippen MR) is 206 cm³/mol. The van der Waals surface area contributed by atoms with Gasteiger partial charge < -0.3 is 9.47 Å². The van der Waals surface area contributed by atoms with Gasteiger partial charge in [-0.3, -0.25) is 0 Å². The molecule has 254 valence electrons. The molecule has 0 saturated carbocycles. The maximum atomic E-state index is 6.25. The van der Waals surface area contributed by atoms with Crippen LogP contribution in [0.25, 0.3) is 14.7 Å². The van der Waals surface area contributed by atoms with Crippen molar-refractivity contribution in [2.24, 2.45) is 0 Å². The van der Waals surface area contributed by atoms with E-state index in [1.165, 1.54) is 173 Å². The van der Waals surface area contributed by atoms with Crippen molar-refractivity contribution in [1.82, 2.24) is 0 Å². The summed E-state index contributed by atoms with van der Waals surface area (Å²) in [6.07, 6.45) is 35.2. The monoisotopic (exact) mass is 672 g/mol. The number of aryl methyl sites for hydroxylation is 1. The van der Waals surface area contributed by atoms with E-state index in [9.17, 15) is 0 Å². The molecule has 0 fully saturated rings. The average molecular weight is 673 g/mol. The van der Waals surface area contributed by atoms with Crippen LogP contribution in [0.3, 0.4) is 0 Å². The first-order valence-electron chi connectivity index (χ1n) is 18.8. The van der Waals surface area contributed by atoms with Gasteiger partial charge in [0.25, 0.3) is 0 Å². The van der Waals surface area contributed by atoms with E-state index < -0.39 is 0 Å². The number of rotatable bonds is 28. The number of hydrogen-bond acceptors (Lipinski definition) is 5. The minimum atomic E-state index is 0.620. The SMILES string of the molecule is C=CS/C(=C\CCCCCCCCCCCCC)c1sc(-c2cc(CCCCCCCCCCCCC)cs2)c2c1OCCO2. The Labute approximate surface area is 289 Å². The molecule has 0 aromatic carbocycles. The highest BCUT2D eigenvalue weighted by molar-refractivity contribution is 8.11. The first-order chi connectivity index (χ1) is 22.3. The number of fused-ring (bicyclic) bond motifs is 1. The lowest BCUT2D eigenvalue weighted by atomic mass is 10.0. The topological polar surface area (TPSA) is 18.5 Å². The molecule has 2 aromatic heterocycles. The second kappa shape index (κ2) is 24.9. The Morgan fingerprint density at radius 2 is 1.22 bits per heavy atom. The molecule has 0 atom stereocenters. The standard InChI is InChI=1S/C40H64O2S3/c1-4-7-9-11-13-15-17-19-21-23-25-27-29-35(43-6-3)39-37-38(42-31-30-41-37)40(45-39)36-32-34(33-44-36)28-26-24-22-20-18-16-14-12-10-8-5-2/h6,29,32-33H,3-5,7-28,30-31H2,1-2H3/b35-29-. The Balaban J connectivity index is 1.44. The maximum Gasteiger partial charge on any atom is 0.181 e. The van der Waals surface area contributed by atoms with Gasteiger partial charge in [-0.05, 0) is 48.1 Å². The highest BCUT2D eigenvalue weighted by Gasteiger charge is 2.27. The van der Waals surface area contributed by atoms with Gasteiger partial charge in [-0.1, -0.05) is 167 Å². The molecule has 0 unspecified atom stereocenters. The first-order valence-corrected chi connectivity index (χ1v) is 21.3. The largest absolute Gasteiger partial charge is 0.485 e. The average Bonchev–Trinajstić information content (AvgIpc) is 3.68. The van der Waals surface area contributed by atoms with E-state index in [-0.39, 0.29) is 0 Å². The molecule has 2 nitrogen and oxygen atoms in total. The van der Waals surface area contributed by atoms with Gasteiger partial charge >= 0.3 is 0 Å². The number of unbranched alkanes of at least 4 members (excludes halogenated alkanes) is 21. The van der Waals surface area contributed by atoms with Crippen LogP contribution >= 0.6 is 34.4 Å². The summed E-state index contributed by atoms with van der Waals surface area (Å²) >= 11 is 5.43. The van der Waals surface area contributed by atoms with Gasteiger partial charge in [0, 0.05) is 9.78 Å². The minimum absolute atomic E-state index is 0.620. The second-order valence-corrected chi connectivity index (χ2v) is 15.8. The van der Waals surface area contributed by atoms with Gasteiger partial charge in [0.1, 0.15) is 13.2 Å². The van der Waals surface area contributed by atoms with Crippen LogP contribution in [-0.4, -0.2) is 13.2 Å². The van der Waals surface area contributed by atoms with E-state index in [0.29, 0.717) is 13.2 Å². The van der Waals surface area contributed by atoms with Crippen LogP contribution in [0, 0.1) is 0 Å². The van der Waals surface area contributed by atoms with Crippen molar-refractivity contribution >= 4 is 39.3 Å². The summed E-state index contributed by atoms with van der Waals surface area (Å²) < 4.78 is 12.5. The van der Waals surface area contributed by atoms with Crippen molar-refractivity contribution in [2.75, 3.05) is 13.2 Å². The molecule has 45 heavy (non-hydrogen) atoms. The zero-order valence-electron chi connectivity index (χ0n) is 28.9. The van der Waals surface area contributed by atoms with E-state index in [4.69, 9.17) is 9.47 Å². The van der Waals surface area contributed by atoms with Gasteiger partial charge in [0.2, 0.25) is 0 Å². The Hall–Kier alpha value is -1.17. The van der Waals surface area contributed by atoms with Crippen molar-refractivity contribution in [3.8, 4) is 21.3 Å². The predicted octanol–water partition coefficient (Wildman–Crippen LogP) is 15.0. The fourth-order valence-corrected chi connectivity index (χ4v) is 9.27. The molecule has 0 aliphatic carbocycles. The third-order valence-corrected chi connectivity index (χ3v) is 12.2. The molecule has 3 rings (SSSR count). The van der Waals surface area contributed by atoms with Crippen molar-refractivity contribution in [3.63, 3.8) is 0 Å². The smallest absolute Gasteiger partial charge is 0.181 e. The fraction of sp³-hybridized carbons (Fsp3) is 0.700. The third kappa shape index (κ3) is 15.1. The molecule has 2 aromatic rings. The molecular formula is C40H64O2S3. The van der Waals surface area contributed by atoms with E-state index in [1.807, 2.05) is 28.1 Å². The summed E-state index contributed by atoms with van der Waals surface area (Å²) in [5.74, 6) is 1.90. The third-order valence-electron chi connectivity index (χ3n) is 8.92. The Morgan fingerprint density at radius 3 is 1.78 bits per heavy atom. The molecule has 1 aliphatic heterocycles. The lowest BCUT2D eigenvalue weighted by molar-refractivity contribution is 0.174. The summed E-state index contributed by atoms with van der Waals surface area (Å²) in [6.45, 7) is 9.88. The summed E-state index contributed by atoms with van der Waals surface area (Å²) in [5.41, 5.74) is 1.47. The van der Waals surface area contributed by atoms with Gasteiger partial charge in [-0.2, -0.15) is 0 Å². The molecule has 5 heteroatoms. The Morgan fingerprint density at radius 1 is 0.711 bits per heavy atom. The Bertz CT molecular complexity index is 1070. The molecule has 0 saturated heterocycles. The lowest BCUT2D eigenvalue weighted by Gasteiger charge is -2.17. The highest BCUT2D eigenvalue weighted by Crippen LogP contribution is 2.54. The first kappa shape index (κ1) is 38.3. The van der Waals surface area contributed by atoms with Crippen LogP contribution < -0.4 is 9.47 Å². The van der Waals surface area contributed by atoms with Crippen LogP contribution in [0.1, 0.15) is 172 Å². The van der Waals surface area contributed by atoms with E-state index >= 15 is 0 Å². The highest BCUT2D eigenvalue weighted by atomic mass is 32.2. The number of thioether (sulfide) groups is 1. The summed E-state index contributed by atoms with van der Waals surface area (Å²) in [6, 6.07) is 2.41. The van der Waals surface area contributed by atoms with Crippen LogP contribution in [0.5, 0.6) is 11.5 Å². The van der Waals surface area contributed by atoms with Crippen molar-refractivity contribution < 1.29 is 9.47 Å². The fourth-order valence-electron chi connectivity index (χ4n) is 6.22. The molecule has 0 bridgehead atoms. The summed E-state index contributed by atoms with van der Waals surface area (Å²) in [7, 11) is 0. The van der Waals surface area contributed by atoms with E-state index in [0.717, 1.165) is 17.9 Å². The number of allylic oxidation sites excluding steroid dienone is 1. The zero-order chi connectivity index (χ0) is 31.8. The Kier molecular flexibility index (Phi) is 21.2. The second-order valence-electron chi connectivity index (χ2n) is 12.9. The van der Waals surface area contributed by atoms with Crippen LogP contribution in [-0.2, 0) is 6.42 Å². The summed E-state index contributed by atoms with van der Waals surface area (Å²) in [4.78, 5) is 5.04. The van der Waals surface area contributed by atoms with E-state index in [2.05, 4.69) is 37.9 Å². The molecule has 1 aliphatic rings. The van der Waals surface area contributed by atoms with Gasteiger partial charge in [-0.15, -0.1) is 22.7 Å². The van der Waals surface area contributed by atoms with Crippen molar-refractivity contribution in [3.05, 3.63) is 40.0 Å². The quantitative estimate of drug-likeness (QED) is 0.0838. The van der Waals surface area contributed by atoms with Crippen molar-refractivity contribution in [1.29, 1.82) is 0 Å². The van der Waals surface area contributed by atoms with E-state index in [1.54, 1.807) is 11.8 Å². The van der Waals surface area contributed by atoms with Crippen LogP contribution in [0.4, 0.5) is 0 Å². The molecular weight excluding hydrogens is 609 g/mol. The molecule has 0 amide bonds. The number of ether oxygens (including phenoxy) is 2. The summed E-state index contributed by atoms with van der Waals surface area (Å²) in [5, 5.41) is 4.32. The number of thiophene rings is 2. The maximum absolute atomic E-state index is 6.25. The van der Waals surface area contributed by atoms with Gasteiger partial charge in [-0.25, -0.2) is 0 Å². The van der Waals surface area contributed by atoms with Gasteiger partial charge in [0.15, 0.2) is 11.5 Å². The van der Waals surface area contributed by atoms with Gasteiger partial charge in [0.05, 0.1) is 9.75 Å². The molecule has 0 radical (unpaired) electrons. The molecule has 0 N–H and O–H groups in total. The zero-order valence-corrected chi connectivity index (χ0v) is 31.4. The van der Waals surface area contributed by atoms with Crippen LogP contribution in [0.2, 0.25) is 0 Å². The van der Waals surface area contributed by atoms with Crippen LogP contribution in [0.15, 0.2) is 29.5 Å². The lowest BCUT2D eigenvalue weighted by Crippen LogP contribution is -2.15. The number of hydrogen-bond donors (Lipinski definition) is 0. The molecule has 0 spiro atoms. The normalized spacial score (nSPS) is 13.1. The minimum Gasteiger partial charge on any atom is -0.485 e.